The van der Waals surface area contributed by atoms with Gasteiger partial charge in [0, 0.05) is 17.8 Å². The summed E-state index contributed by atoms with van der Waals surface area (Å²) in [5.74, 6) is 1.36. The lowest BCUT2D eigenvalue weighted by Gasteiger charge is -2.39. The van der Waals surface area contributed by atoms with Gasteiger partial charge in [-0.15, -0.1) is 0 Å². The Morgan fingerprint density at radius 1 is 1.00 bits per heavy atom. The van der Waals surface area contributed by atoms with Gasteiger partial charge in [0.05, 0.1) is 11.6 Å². The number of aromatic nitrogens is 1. The molecule has 1 aromatic heterocycles. The molecule has 1 aromatic carbocycles. The Morgan fingerprint density at radius 3 is 2.21 bits per heavy atom. The van der Waals surface area contributed by atoms with Crippen molar-refractivity contribution in [1.82, 2.24) is 4.57 Å². The van der Waals surface area contributed by atoms with Gasteiger partial charge in [0.25, 0.3) is 0 Å². The van der Waals surface area contributed by atoms with E-state index in [-0.39, 0.29) is 14.0 Å². The Bertz CT molecular complexity index is 952. The maximum Gasteiger partial charge on any atom is 0.234 e. The molecule has 0 bridgehead atoms. The van der Waals surface area contributed by atoms with Crippen molar-refractivity contribution in [2.24, 2.45) is 10.9 Å². The second-order valence-electron chi connectivity index (χ2n) is 10.6. The molecule has 2 aromatic rings. The zero-order valence-electron chi connectivity index (χ0n) is 20.8. The van der Waals surface area contributed by atoms with Crippen LogP contribution in [-0.4, -0.2) is 41.5 Å². The number of ether oxygens (including phenoxy) is 2. The fraction of sp³-hybridized carbons (Fsp3) is 0.679. The van der Waals surface area contributed by atoms with Gasteiger partial charge in [-0.05, 0) is 49.0 Å². The van der Waals surface area contributed by atoms with Crippen molar-refractivity contribution in [3.8, 4) is 0 Å². The van der Waals surface area contributed by atoms with Crippen LogP contribution in [0.4, 0.5) is 0 Å². The first kappa shape index (κ1) is 23.4. The molecule has 0 amide bonds. The summed E-state index contributed by atoms with van der Waals surface area (Å²) in [6.45, 7) is 5.75. The SMILES string of the molecule is COCn1c(C2=N[C@@H](C(C)C)CO2)c(P(C2CCCCC2)C2CCCCC2)c2ccccc21. The molecule has 180 valence electrons. The monoisotopic (exact) mass is 468 g/mol. The maximum atomic E-state index is 6.38. The van der Waals surface area contributed by atoms with Gasteiger partial charge in [-0.2, -0.15) is 0 Å². The average Bonchev–Trinajstić information content (AvgIpc) is 3.45. The molecule has 2 heterocycles. The molecule has 2 saturated carbocycles. The summed E-state index contributed by atoms with van der Waals surface area (Å²) in [5.41, 5.74) is 4.19. The Hall–Kier alpha value is -1.38. The summed E-state index contributed by atoms with van der Waals surface area (Å²) in [6.07, 6.45) is 14.0. The topological polar surface area (TPSA) is 35.8 Å². The number of fused-ring (bicyclic) bond motifs is 1. The van der Waals surface area contributed by atoms with E-state index >= 15 is 0 Å². The molecule has 1 aliphatic heterocycles. The van der Waals surface area contributed by atoms with E-state index in [2.05, 4.69) is 42.7 Å². The fourth-order valence-corrected chi connectivity index (χ4v) is 10.4. The second kappa shape index (κ2) is 10.5. The zero-order valence-corrected chi connectivity index (χ0v) is 21.7. The molecule has 2 aliphatic carbocycles. The molecule has 0 unspecified atom stereocenters. The third kappa shape index (κ3) is 4.63. The summed E-state index contributed by atoms with van der Waals surface area (Å²) in [4.78, 5) is 5.16. The van der Waals surface area contributed by atoms with Crippen LogP contribution in [0.2, 0.25) is 0 Å². The molecule has 0 spiro atoms. The number of para-hydroxylation sites is 1. The van der Waals surface area contributed by atoms with Crippen molar-refractivity contribution in [2.75, 3.05) is 13.7 Å². The summed E-state index contributed by atoms with van der Waals surface area (Å²) in [7, 11) is 1.52. The lowest BCUT2D eigenvalue weighted by Crippen LogP contribution is -2.29. The summed E-state index contributed by atoms with van der Waals surface area (Å²) in [6, 6.07) is 9.26. The van der Waals surface area contributed by atoms with E-state index in [1.165, 1.54) is 80.8 Å². The molecule has 1 atom stereocenters. The van der Waals surface area contributed by atoms with Crippen LogP contribution in [0.1, 0.15) is 83.7 Å². The van der Waals surface area contributed by atoms with Gasteiger partial charge in [0.2, 0.25) is 5.90 Å². The molecule has 3 aliphatic rings. The molecule has 5 rings (SSSR count). The van der Waals surface area contributed by atoms with Gasteiger partial charge < -0.3 is 14.0 Å². The first-order valence-electron chi connectivity index (χ1n) is 13.3. The first-order chi connectivity index (χ1) is 16.2. The van der Waals surface area contributed by atoms with E-state index in [0.717, 1.165) is 17.2 Å². The van der Waals surface area contributed by atoms with Crippen molar-refractivity contribution < 1.29 is 9.47 Å². The van der Waals surface area contributed by atoms with Crippen LogP contribution >= 0.6 is 7.92 Å². The molecule has 2 fully saturated rings. The fourth-order valence-electron chi connectivity index (χ4n) is 6.27. The highest BCUT2D eigenvalue weighted by Crippen LogP contribution is 2.57. The number of hydrogen-bond acceptors (Lipinski definition) is 3. The quantitative estimate of drug-likeness (QED) is 0.418. The minimum absolute atomic E-state index is 0.248. The first-order valence-corrected chi connectivity index (χ1v) is 14.8. The molecule has 4 nitrogen and oxygen atoms in total. The van der Waals surface area contributed by atoms with Crippen LogP contribution in [0.5, 0.6) is 0 Å². The van der Waals surface area contributed by atoms with Crippen LogP contribution in [0.15, 0.2) is 29.3 Å². The van der Waals surface area contributed by atoms with E-state index in [4.69, 9.17) is 14.5 Å². The van der Waals surface area contributed by atoms with E-state index in [1.54, 1.807) is 12.4 Å². The third-order valence-electron chi connectivity index (χ3n) is 8.04. The van der Waals surface area contributed by atoms with Crippen LogP contribution in [0.3, 0.4) is 0 Å². The molecule has 0 radical (unpaired) electrons. The highest BCUT2D eigenvalue weighted by atomic mass is 31.1. The van der Waals surface area contributed by atoms with Gasteiger partial charge in [0.1, 0.15) is 19.0 Å². The van der Waals surface area contributed by atoms with Crippen molar-refractivity contribution in [2.45, 2.75) is 102 Å². The van der Waals surface area contributed by atoms with Crippen molar-refractivity contribution in [1.29, 1.82) is 0 Å². The number of nitrogens with zero attached hydrogens (tertiary/aromatic N) is 2. The van der Waals surface area contributed by atoms with E-state index in [1.807, 2.05) is 0 Å². The molecule has 0 saturated heterocycles. The van der Waals surface area contributed by atoms with Crippen molar-refractivity contribution >= 4 is 30.0 Å². The number of rotatable bonds is 7. The minimum atomic E-state index is -0.286. The van der Waals surface area contributed by atoms with Crippen LogP contribution in [0, 0.1) is 5.92 Å². The number of benzene rings is 1. The normalized spacial score (nSPS) is 22.9. The minimum Gasteiger partial charge on any atom is -0.474 e. The van der Waals surface area contributed by atoms with Crippen molar-refractivity contribution in [3.05, 3.63) is 30.0 Å². The zero-order chi connectivity index (χ0) is 22.8. The highest BCUT2D eigenvalue weighted by Gasteiger charge is 2.39. The predicted molar refractivity (Wildman–Crippen MR) is 140 cm³/mol. The number of methoxy groups -OCH3 is 1. The number of hydrogen-bond donors (Lipinski definition) is 0. The Balaban J connectivity index is 1.71. The lowest BCUT2D eigenvalue weighted by atomic mass is 9.99. The second-order valence-corrected chi connectivity index (χ2v) is 13.3. The Labute approximate surface area is 200 Å². The molecule has 5 heteroatoms. The standard InChI is InChI=1S/C28H41N2O2P/c1-20(2)24-18-32-28(29-24)26-27(23-16-10-11-17-25(23)30(26)19-31-3)33(21-12-6-4-7-13-21)22-14-8-5-9-15-22/h10-11,16-17,20-22,24H,4-9,12-15,18-19H2,1-3H3/t24-/m1/s1. The van der Waals surface area contributed by atoms with Gasteiger partial charge in [-0.25, -0.2) is 4.99 Å². The smallest absolute Gasteiger partial charge is 0.234 e. The van der Waals surface area contributed by atoms with Crippen molar-refractivity contribution in [3.63, 3.8) is 0 Å². The lowest BCUT2D eigenvalue weighted by molar-refractivity contribution is 0.134. The summed E-state index contributed by atoms with van der Waals surface area (Å²) in [5, 5.41) is 3.01. The molecular weight excluding hydrogens is 427 g/mol. The largest absolute Gasteiger partial charge is 0.474 e. The van der Waals surface area contributed by atoms with Gasteiger partial charge in [-0.3, -0.25) is 0 Å². The van der Waals surface area contributed by atoms with Gasteiger partial charge >= 0.3 is 0 Å². The molecule has 0 N–H and O–H groups in total. The van der Waals surface area contributed by atoms with E-state index in [9.17, 15) is 0 Å². The summed E-state index contributed by atoms with van der Waals surface area (Å²) < 4.78 is 14.5. The average molecular weight is 469 g/mol. The molecular formula is C28H41N2O2P. The highest BCUT2D eigenvalue weighted by molar-refractivity contribution is 7.67. The van der Waals surface area contributed by atoms with E-state index < -0.39 is 0 Å². The van der Waals surface area contributed by atoms with Gasteiger partial charge in [-0.1, -0.05) is 78.5 Å². The Kier molecular flexibility index (Phi) is 7.42. The number of aliphatic imine (C=N–C) groups is 1. The predicted octanol–water partition coefficient (Wildman–Crippen LogP) is 6.82. The van der Waals surface area contributed by atoms with Gasteiger partial charge in [0.15, 0.2) is 0 Å². The molecule has 33 heavy (non-hydrogen) atoms. The summed E-state index contributed by atoms with van der Waals surface area (Å²) >= 11 is 0. The van der Waals surface area contributed by atoms with Crippen LogP contribution in [0.25, 0.3) is 10.9 Å². The van der Waals surface area contributed by atoms with Crippen LogP contribution < -0.4 is 5.30 Å². The van der Waals surface area contributed by atoms with E-state index in [0.29, 0.717) is 19.3 Å². The maximum absolute atomic E-state index is 6.38. The third-order valence-corrected chi connectivity index (χ3v) is 11.6. The van der Waals surface area contributed by atoms with Crippen LogP contribution in [-0.2, 0) is 16.2 Å². The Morgan fingerprint density at radius 2 is 1.64 bits per heavy atom.